The van der Waals surface area contributed by atoms with Crippen molar-refractivity contribution < 1.29 is 19.8 Å². The molecule has 0 aliphatic heterocycles. The molecule has 4 heteroatoms. The second-order valence-electron chi connectivity index (χ2n) is 4.92. The van der Waals surface area contributed by atoms with Crippen LogP contribution in [0.15, 0.2) is 84.9 Å². The van der Waals surface area contributed by atoms with Gasteiger partial charge in [-0.1, -0.05) is 78.9 Å². The van der Waals surface area contributed by atoms with Gasteiger partial charge in [-0.25, -0.2) is 9.59 Å². The molecule has 0 atom stereocenters. The predicted molar refractivity (Wildman–Crippen MR) is 92.6 cm³/mol. The molecule has 120 valence electrons. The van der Waals surface area contributed by atoms with Crippen molar-refractivity contribution in [2.45, 2.75) is 0 Å². The largest absolute Gasteiger partial charge is 0.473 e. The van der Waals surface area contributed by atoms with Gasteiger partial charge in [0.2, 0.25) is 0 Å². The topological polar surface area (TPSA) is 74.6 Å². The molecule has 0 heterocycles. The van der Waals surface area contributed by atoms with Crippen molar-refractivity contribution >= 4 is 11.9 Å². The highest BCUT2D eigenvalue weighted by Gasteiger charge is 2.04. The number of carboxylic acids is 2. The molecule has 0 saturated heterocycles. The van der Waals surface area contributed by atoms with E-state index in [1.54, 1.807) is 0 Å². The molecule has 0 aliphatic carbocycles. The van der Waals surface area contributed by atoms with Crippen LogP contribution < -0.4 is 0 Å². The second-order valence-corrected chi connectivity index (χ2v) is 4.92. The molecule has 0 saturated carbocycles. The van der Waals surface area contributed by atoms with Crippen molar-refractivity contribution in [1.29, 1.82) is 0 Å². The van der Waals surface area contributed by atoms with Crippen molar-refractivity contribution in [1.82, 2.24) is 0 Å². The molecule has 0 unspecified atom stereocenters. The molecule has 2 N–H and O–H groups in total. The summed E-state index contributed by atoms with van der Waals surface area (Å²) in [5.74, 6) is -3.65. The van der Waals surface area contributed by atoms with E-state index in [-0.39, 0.29) is 0 Å². The molecule has 0 amide bonds. The third-order valence-electron chi connectivity index (χ3n) is 3.26. The van der Waals surface area contributed by atoms with E-state index in [9.17, 15) is 0 Å². The first-order chi connectivity index (χ1) is 11.6. The molecule has 4 nitrogen and oxygen atoms in total. The van der Waals surface area contributed by atoms with Gasteiger partial charge in [-0.05, 0) is 28.3 Å². The van der Waals surface area contributed by atoms with Gasteiger partial charge in [-0.2, -0.15) is 0 Å². The highest BCUT2D eigenvalue weighted by atomic mass is 16.4. The molecule has 0 aliphatic rings. The Bertz CT molecular complexity index is 745. The van der Waals surface area contributed by atoms with Crippen LogP contribution in [0.5, 0.6) is 0 Å². The van der Waals surface area contributed by atoms with Gasteiger partial charge < -0.3 is 10.2 Å². The maximum atomic E-state index is 9.10. The quantitative estimate of drug-likeness (QED) is 0.695. The summed E-state index contributed by atoms with van der Waals surface area (Å²) >= 11 is 0. The first kappa shape index (κ1) is 17.0. The van der Waals surface area contributed by atoms with Crippen LogP contribution in [0.3, 0.4) is 0 Å². The predicted octanol–water partition coefficient (Wildman–Crippen LogP) is 4.18. The van der Waals surface area contributed by atoms with Gasteiger partial charge in [-0.15, -0.1) is 0 Å². The number of carbonyl (C=O) groups is 2. The number of benzene rings is 3. The second kappa shape index (κ2) is 8.29. The Morgan fingerprint density at radius 1 is 0.500 bits per heavy atom. The zero-order valence-electron chi connectivity index (χ0n) is 12.8. The van der Waals surface area contributed by atoms with Crippen LogP contribution in [0, 0.1) is 0 Å². The summed E-state index contributed by atoms with van der Waals surface area (Å²) in [6.07, 6.45) is 0. The number of carboxylic acid groups (broad SMARTS) is 2. The molecule has 0 radical (unpaired) electrons. The number of aliphatic carboxylic acids is 2. The minimum Gasteiger partial charge on any atom is -0.473 e. The van der Waals surface area contributed by atoms with Crippen LogP contribution >= 0.6 is 0 Å². The molecule has 3 aromatic rings. The fourth-order valence-corrected chi connectivity index (χ4v) is 2.14. The van der Waals surface area contributed by atoms with E-state index in [2.05, 4.69) is 72.8 Å². The van der Waals surface area contributed by atoms with E-state index in [1.807, 2.05) is 12.1 Å². The Morgan fingerprint density at radius 2 is 0.833 bits per heavy atom. The van der Waals surface area contributed by atoms with Crippen LogP contribution in [0.25, 0.3) is 22.3 Å². The Morgan fingerprint density at radius 3 is 1.17 bits per heavy atom. The molecule has 0 fully saturated rings. The summed E-state index contributed by atoms with van der Waals surface area (Å²) < 4.78 is 0. The minimum atomic E-state index is -1.82. The summed E-state index contributed by atoms with van der Waals surface area (Å²) in [4.78, 5) is 18.2. The summed E-state index contributed by atoms with van der Waals surface area (Å²) in [6, 6.07) is 29.6. The van der Waals surface area contributed by atoms with E-state index in [1.165, 1.54) is 22.3 Å². The summed E-state index contributed by atoms with van der Waals surface area (Å²) in [5, 5.41) is 14.8. The third kappa shape index (κ3) is 4.81. The van der Waals surface area contributed by atoms with Gasteiger partial charge in [-0.3, -0.25) is 0 Å². The zero-order valence-corrected chi connectivity index (χ0v) is 12.8. The molecular weight excluding hydrogens is 304 g/mol. The standard InChI is InChI=1S/C18H14.C2H2O4/c1-3-8-15(9-4-1)17-12-7-13-18(14-17)16-10-5-2-6-11-16;3-1(4)2(5)6/h1-14H;(H,3,4)(H,5,6). The Hall–Kier alpha value is -3.40. The fraction of sp³-hybridized carbons (Fsp3) is 0. The lowest BCUT2D eigenvalue weighted by molar-refractivity contribution is -0.159. The molecular formula is C20H16O4. The zero-order chi connectivity index (χ0) is 17.4. The fourth-order valence-electron chi connectivity index (χ4n) is 2.14. The molecule has 0 aromatic heterocycles. The van der Waals surface area contributed by atoms with E-state index >= 15 is 0 Å². The molecule has 3 aromatic carbocycles. The van der Waals surface area contributed by atoms with Gasteiger partial charge in [0, 0.05) is 0 Å². The van der Waals surface area contributed by atoms with Crippen molar-refractivity contribution in [3.05, 3.63) is 84.9 Å². The number of rotatable bonds is 2. The average Bonchev–Trinajstić information content (AvgIpc) is 2.64. The van der Waals surface area contributed by atoms with Gasteiger partial charge >= 0.3 is 11.9 Å². The molecule has 0 spiro atoms. The summed E-state index contributed by atoms with van der Waals surface area (Å²) in [7, 11) is 0. The van der Waals surface area contributed by atoms with Crippen LogP contribution in [-0.4, -0.2) is 22.2 Å². The lowest BCUT2D eigenvalue weighted by Crippen LogP contribution is -2.09. The van der Waals surface area contributed by atoms with Crippen molar-refractivity contribution in [2.75, 3.05) is 0 Å². The highest BCUT2D eigenvalue weighted by molar-refractivity contribution is 6.27. The Labute approximate surface area is 139 Å². The molecule has 0 bridgehead atoms. The van der Waals surface area contributed by atoms with Gasteiger partial charge in [0.05, 0.1) is 0 Å². The van der Waals surface area contributed by atoms with Gasteiger partial charge in [0.25, 0.3) is 0 Å². The van der Waals surface area contributed by atoms with Gasteiger partial charge in [0.15, 0.2) is 0 Å². The van der Waals surface area contributed by atoms with E-state index in [4.69, 9.17) is 19.8 Å². The van der Waals surface area contributed by atoms with Crippen LogP contribution in [0.1, 0.15) is 0 Å². The van der Waals surface area contributed by atoms with Crippen molar-refractivity contribution in [2.24, 2.45) is 0 Å². The Kier molecular flexibility index (Phi) is 5.86. The van der Waals surface area contributed by atoms with Gasteiger partial charge in [0.1, 0.15) is 0 Å². The van der Waals surface area contributed by atoms with Crippen molar-refractivity contribution in [3.8, 4) is 22.3 Å². The van der Waals surface area contributed by atoms with E-state index in [0.717, 1.165) is 0 Å². The lowest BCUT2D eigenvalue weighted by atomic mass is 9.99. The number of hydrogen-bond donors (Lipinski definition) is 2. The average molecular weight is 320 g/mol. The molecule has 24 heavy (non-hydrogen) atoms. The maximum Gasteiger partial charge on any atom is 0.414 e. The van der Waals surface area contributed by atoms with E-state index in [0.29, 0.717) is 0 Å². The first-order valence-corrected chi connectivity index (χ1v) is 7.25. The lowest BCUT2D eigenvalue weighted by Gasteiger charge is -2.05. The smallest absolute Gasteiger partial charge is 0.414 e. The van der Waals surface area contributed by atoms with Crippen LogP contribution in [0.2, 0.25) is 0 Å². The Balaban J connectivity index is 0.000000301. The van der Waals surface area contributed by atoms with Crippen LogP contribution in [0.4, 0.5) is 0 Å². The highest BCUT2D eigenvalue weighted by Crippen LogP contribution is 2.25. The normalized spacial score (nSPS) is 9.50. The minimum absolute atomic E-state index is 1.26. The van der Waals surface area contributed by atoms with Crippen LogP contribution in [-0.2, 0) is 9.59 Å². The third-order valence-corrected chi connectivity index (χ3v) is 3.26. The maximum absolute atomic E-state index is 9.10. The molecule has 3 rings (SSSR count). The first-order valence-electron chi connectivity index (χ1n) is 7.25. The summed E-state index contributed by atoms with van der Waals surface area (Å²) in [5.41, 5.74) is 5.04. The summed E-state index contributed by atoms with van der Waals surface area (Å²) in [6.45, 7) is 0. The van der Waals surface area contributed by atoms with E-state index < -0.39 is 11.9 Å². The monoisotopic (exact) mass is 320 g/mol. The number of hydrogen-bond acceptors (Lipinski definition) is 2. The SMILES string of the molecule is O=C(O)C(=O)O.c1ccc(-c2cccc(-c3ccccc3)c2)cc1. The van der Waals surface area contributed by atoms with Crippen molar-refractivity contribution in [3.63, 3.8) is 0 Å².